The van der Waals surface area contributed by atoms with E-state index < -0.39 is 0 Å². The second-order valence-electron chi connectivity index (χ2n) is 7.29. The summed E-state index contributed by atoms with van der Waals surface area (Å²) in [5.74, 6) is 1.43. The van der Waals surface area contributed by atoms with Crippen LogP contribution in [0.2, 0.25) is 0 Å². The average Bonchev–Trinajstić information content (AvgIpc) is 2.79. The van der Waals surface area contributed by atoms with E-state index in [9.17, 15) is 9.90 Å². The number of benzene rings is 2. The first kappa shape index (κ1) is 19.5. The van der Waals surface area contributed by atoms with Crippen LogP contribution in [-0.4, -0.2) is 74.5 Å². The number of amides is 1. The van der Waals surface area contributed by atoms with E-state index in [-0.39, 0.29) is 18.6 Å². The number of aliphatic hydroxyl groups is 1. The number of para-hydroxylation sites is 1. The normalized spacial score (nSPS) is 19.1. The minimum Gasteiger partial charge on any atom is -0.484 e. The third kappa shape index (κ3) is 4.63. The van der Waals surface area contributed by atoms with E-state index in [4.69, 9.17) is 9.47 Å². The molecule has 0 aromatic heterocycles. The molecule has 1 atom stereocenters. The third-order valence-electron chi connectivity index (χ3n) is 5.33. The van der Waals surface area contributed by atoms with Crippen LogP contribution in [0.3, 0.4) is 0 Å². The molecule has 2 aliphatic rings. The van der Waals surface area contributed by atoms with Crippen molar-refractivity contribution in [1.29, 1.82) is 0 Å². The number of hydrogen-bond donors (Lipinski definition) is 2. The van der Waals surface area contributed by atoms with Crippen molar-refractivity contribution in [2.45, 2.75) is 6.10 Å². The van der Waals surface area contributed by atoms with Gasteiger partial charge in [0.1, 0.15) is 6.61 Å². The monoisotopic (exact) mass is 397 g/mol. The zero-order valence-corrected chi connectivity index (χ0v) is 16.4. The molecule has 2 N–H and O–H groups in total. The molecular formula is C22H27N3O4. The lowest BCUT2D eigenvalue weighted by molar-refractivity contribution is 0.0459. The summed E-state index contributed by atoms with van der Waals surface area (Å²) >= 11 is 0. The SMILES string of the molecule is O=C(NCCN1CCN(c2cccc3c2OCC(CO)O3)CC1)c1ccccc1. The van der Waals surface area contributed by atoms with Gasteiger partial charge in [0.25, 0.3) is 5.91 Å². The van der Waals surface area contributed by atoms with E-state index in [0.717, 1.165) is 44.2 Å². The Hall–Kier alpha value is -2.77. The summed E-state index contributed by atoms with van der Waals surface area (Å²) in [5, 5.41) is 12.3. The highest BCUT2D eigenvalue weighted by molar-refractivity contribution is 5.94. The van der Waals surface area contributed by atoms with Crippen LogP contribution < -0.4 is 19.7 Å². The topological polar surface area (TPSA) is 74.3 Å². The lowest BCUT2D eigenvalue weighted by atomic mass is 10.2. The Morgan fingerprint density at radius 2 is 1.86 bits per heavy atom. The summed E-state index contributed by atoms with van der Waals surface area (Å²) in [7, 11) is 0. The number of nitrogens with zero attached hydrogens (tertiary/aromatic N) is 2. The van der Waals surface area contributed by atoms with Crippen molar-refractivity contribution in [3.8, 4) is 11.5 Å². The fourth-order valence-electron chi connectivity index (χ4n) is 3.70. The second-order valence-corrected chi connectivity index (χ2v) is 7.29. The molecule has 1 amide bonds. The van der Waals surface area contributed by atoms with Gasteiger partial charge in [0.05, 0.1) is 12.3 Å². The standard InChI is InChI=1S/C22H27N3O4/c26-15-18-16-28-21-19(7-4-8-20(21)29-18)25-13-11-24(12-14-25)10-9-23-22(27)17-5-2-1-3-6-17/h1-8,18,26H,9-16H2,(H,23,27). The molecule has 154 valence electrons. The van der Waals surface area contributed by atoms with Crippen LogP contribution in [0, 0.1) is 0 Å². The number of rotatable bonds is 6. The molecule has 4 rings (SSSR count). The van der Waals surface area contributed by atoms with Gasteiger partial charge in [-0.05, 0) is 24.3 Å². The highest BCUT2D eigenvalue weighted by Crippen LogP contribution is 2.40. The van der Waals surface area contributed by atoms with Crippen molar-refractivity contribution in [1.82, 2.24) is 10.2 Å². The Morgan fingerprint density at radius 1 is 1.07 bits per heavy atom. The van der Waals surface area contributed by atoms with Gasteiger partial charge < -0.3 is 24.8 Å². The maximum Gasteiger partial charge on any atom is 0.251 e. The van der Waals surface area contributed by atoms with Crippen molar-refractivity contribution < 1.29 is 19.4 Å². The highest BCUT2D eigenvalue weighted by atomic mass is 16.6. The number of carbonyl (C=O) groups is 1. The number of ether oxygens (including phenoxy) is 2. The molecule has 7 heteroatoms. The number of fused-ring (bicyclic) bond motifs is 1. The molecule has 0 spiro atoms. The molecular weight excluding hydrogens is 370 g/mol. The summed E-state index contributed by atoms with van der Waals surface area (Å²) in [5.41, 5.74) is 1.73. The Bertz CT molecular complexity index is 822. The fourth-order valence-corrected chi connectivity index (χ4v) is 3.70. The molecule has 1 fully saturated rings. The summed E-state index contributed by atoms with van der Waals surface area (Å²) in [6.45, 7) is 5.39. The van der Waals surface area contributed by atoms with Gasteiger partial charge in [-0.3, -0.25) is 9.69 Å². The largest absolute Gasteiger partial charge is 0.484 e. The maximum absolute atomic E-state index is 12.1. The number of nitrogens with one attached hydrogen (secondary N) is 1. The molecule has 7 nitrogen and oxygen atoms in total. The van der Waals surface area contributed by atoms with Gasteiger partial charge >= 0.3 is 0 Å². The molecule has 1 unspecified atom stereocenters. The average molecular weight is 397 g/mol. The Kier molecular flexibility index (Phi) is 6.17. The minimum atomic E-state index is -0.305. The first-order valence-corrected chi connectivity index (χ1v) is 10.1. The molecule has 1 saturated heterocycles. The molecule has 0 bridgehead atoms. The number of piperazine rings is 1. The maximum atomic E-state index is 12.1. The zero-order valence-electron chi connectivity index (χ0n) is 16.4. The Morgan fingerprint density at radius 3 is 2.62 bits per heavy atom. The molecule has 2 aromatic rings. The van der Waals surface area contributed by atoms with E-state index in [1.54, 1.807) is 0 Å². The van der Waals surface area contributed by atoms with Crippen LogP contribution in [0.4, 0.5) is 5.69 Å². The predicted molar refractivity (Wildman–Crippen MR) is 111 cm³/mol. The van der Waals surface area contributed by atoms with Gasteiger partial charge in [0, 0.05) is 44.8 Å². The number of aliphatic hydroxyl groups excluding tert-OH is 1. The van der Waals surface area contributed by atoms with Crippen LogP contribution in [0.15, 0.2) is 48.5 Å². The number of anilines is 1. The lowest BCUT2D eigenvalue weighted by Gasteiger charge is -2.38. The highest BCUT2D eigenvalue weighted by Gasteiger charge is 2.26. The molecule has 2 aromatic carbocycles. The molecule has 0 radical (unpaired) electrons. The van der Waals surface area contributed by atoms with E-state index in [0.29, 0.717) is 24.5 Å². The second kappa shape index (κ2) is 9.15. The third-order valence-corrected chi connectivity index (χ3v) is 5.33. The van der Waals surface area contributed by atoms with Crippen LogP contribution >= 0.6 is 0 Å². The van der Waals surface area contributed by atoms with E-state index in [1.165, 1.54) is 0 Å². The number of carbonyl (C=O) groups excluding carboxylic acids is 1. The van der Waals surface area contributed by atoms with Gasteiger partial charge in [-0.15, -0.1) is 0 Å². The van der Waals surface area contributed by atoms with Crippen molar-refractivity contribution >= 4 is 11.6 Å². The van der Waals surface area contributed by atoms with Gasteiger partial charge in [0.2, 0.25) is 0 Å². The molecule has 0 saturated carbocycles. The molecule has 2 aliphatic heterocycles. The van der Waals surface area contributed by atoms with Crippen LogP contribution in [-0.2, 0) is 0 Å². The van der Waals surface area contributed by atoms with Crippen LogP contribution in [0.1, 0.15) is 10.4 Å². The summed E-state index contributed by atoms with van der Waals surface area (Å²) in [6.07, 6.45) is -0.305. The fraction of sp³-hybridized carbons (Fsp3) is 0.409. The van der Waals surface area contributed by atoms with Crippen molar-refractivity contribution in [3.05, 3.63) is 54.1 Å². The Labute approximate surface area is 170 Å². The molecule has 29 heavy (non-hydrogen) atoms. The summed E-state index contributed by atoms with van der Waals surface area (Å²) in [6, 6.07) is 15.2. The minimum absolute atomic E-state index is 0.0292. The smallest absolute Gasteiger partial charge is 0.251 e. The van der Waals surface area contributed by atoms with Gasteiger partial charge in [-0.1, -0.05) is 24.3 Å². The predicted octanol–water partition coefficient (Wildman–Crippen LogP) is 1.37. The first-order valence-electron chi connectivity index (χ1n) is 10.1. The van der Waals surface area contributed by atoms with Crippen molar-refractivity contribution in [3.63, 3.8) is 0 Å². The summed E-state index contributed by atoms with van der Waals surface area (Å²) in [4.78, 5) is 16.8. The van der Waals surface area contributed by atoms with Gasteiger partial charge in [-0.25, -0.2) is 0 Å². The van der Waals surface area contributed by atoms with E-state index in [1.807, 2.05) is 42.5 Å². The first-order chi connectivity index (χ1) is 14.2. The van der Waals surface area contributed by atoms with Gasteiger partial charge in [0.15, 0.2) is 17.6 Å². The van der Waals surface area contributed by atoms with E-state index >= 15 is 0 Å². The number of hydrogen-bond acceptors (Lipinski definition) is 6. The van der Waals surface area contributed by atoms with Crippen molar-refractivity contribution in [2.24, 2.45) is 0 Å². The summed E-state index contributed by atoms with van der Waals surface area (Å²) < 4.78 is 11.7. The van der Waals surface area contributed by atoms with E-state index in [2.05, 4.69) is 21.2 Å². The lowest BCUT2D eigenvalue weighted by Crippen LogP contribution is -2.48. The quantitative estimate of drug-likeness (QED) is 0.767. The molecule has 0 aliphatic carbocycles. The van der Waals surface area contributed by atoms with Crippen LogP contribution in [0.25, 0.3) is 0 Å². The molecule has 2 heterocycles. The zero-order chi connectivity index (χ0) is 20.1. The van der Waals surface area contributed by atoms with Crippen LogP contribution in [0.5, 0.6) is 11.5 Å². The van der Waals surface area contributed by atoms with Gasteiger partial charge in [-0.2, -0.15) is 0 Å². The Balaban J connectivity index is 1.27. The van der Waals surface area contributed by atoms with Crippen molar-refractivity contribution in [2.75, 3.05) is 57.4 Å².